The topological polar surface area (TPSA) is 63.5 Å². The Morgan fingerprint density at radius 3 is 2.89 bits per heavy atom. The van der Waals surface area contributed by atoms with Crippen molar-refractivity contribution < 1.29 is 9.72 Å². The van der Waals surface area contributed by atoms with Gasteiger partial charge < -0.3 is 4.90 Å². The Morgan fingerprint density at radius 2 is 2.26 bits per heavy atom. The van der Waals surface area contributed by atoms with E-state index in [2.05, 4.69) is 11.8 Å². The Balaban J connectivity index is 2.42. The largest absolute Gasteiger partial charge is 0.363 e. The molecule has 1 saturated heterocycles. The maximum Gasteiger partial charge on any atom is 0.293 e. The van der Waals surface area contributed by atoms with E-state index < -0.39 is 4.92 Å². The van der Waals surface area contributed by atoms with Crippen LogP contribution in [0.1, 0.15) is 43.0 Å². The molecule has 1 aromatic rings. The second-order valence-electron chi connectivity index (χ2n) is 4.87. The number of benzene rings is 1. The average Bonchev–Trinajstić information content (AvgIpc) is 2.46. The van der Waals surface area contributed by atoms with Gasteiger partial charge in [0, 0.05) is 24.2 Å². The normalized spacial score (nSPS) is 19.2. The van der Waals surface area contributed by atoms with Gasteiger partial charge in [0.25, 0.3) is 5.69 Å². The predicted octanol–water partition coefficient (Wildman–Crippen LogP) is 3.18. The molecule has 1 atom stereocenters. The average molecular weight is 262 g/mol. The fourth-order valence-electron chi connectivity index (χ4n) is 2.75. The molecule has 0 radical (unpaired) electrons. The minimum absolute atomic E-state index is 0.0324. The van der Waals surface area contributed by atoms with Crippen LogP contribution in [0.15, 0.2) is 18.2 Å². The Morgan fingerprint density at radius 1 is 1.47 bits per heavy atom. The summed E-state index contributed by atoms with van der Waals surface area (Å²) in [6, 6.07) is 5.07. The van der Waals surface area contributed by atoms with Crippen LogP contribution in [-0.4, -0.2) is 23.8 Å². The zero-order valence-electron chi connectivity index (χ0n) is 11.0. The van der Waals surface area contributed by atoms with Gasteiger partial charge >= 0.3 is 0 Å². The lowest BCUT2D eigenvalue weighted by molar-refractivity contribution is -0.384. The van der Waals surface area contributed by atoms with Crippen molar-refractivity contribution in [2.24, 2.45) is 0 Å². The molecule has 5 heteroatoms. The van der Waals surface area contributed by atoms with E-state index in [4.69, 9.17) is 0 Å². The lowest BCUT2D eigenvalue weighted by atomic mass is 9.98. The van der Waals surface area contributed by atoms with Crippen LogP contribution >= 0.6 is 0 Å². The molecule has 0 bridgehead atoms. The van der Waals surface area contributed by atoms with Crippen LogP contribution in [0.3, 0.4) is 0 Å². The molecule has 1 aliphatic heterocycles. The molecular formula is C14H18N2O3. The first-order valence-electron chi connectivity index (χ1n) is 6.67. The van der Waals surface area contributed by atoms with Crippen LogP contribution < -0.4 is 4.90 Å². The highest BCUT2D eigenvalue weighted by Crippen LogP contribution is 2.34. The molecule has 1 aromatic carbocycles. The van der Waals surface area contributed by atoms with Gasteiger partial charge in [-0.2, -0.15) is 0 Å². The molecule has 1 heterocycles. The fraction of sp³-hybridized carbons (Fsp3) is 0.500. The Labute approximate surface area is 112 Å². The summed E-state index contributed by atoms with van der Waals surface area (Å²) in [7, 11) is 0. The van der Waals surface area contributed by atoms with Crippen molar-refractivity contribution in [2.45, 2.75) is 38.6 Å². The van der Waals surface area contributed by atoms with Gasteiger partial charge in [-0.15, -0.1) is 0 Å². The van der Waals surface area contributed by atoms with E-state index in [9.17, 15) is 14.9 Å². The maximum atomic E-state index is 11.2. The molecule has 1 aliphatic rings. The Kier molecular flexibility index (Phi) is 4.14. The third-order valence-electron chi connectivity index (χ3n) is 3.74. The van der Waals surface area contributed by atoms with Crippen LogP contribution in [0.4, 0.5) is 11.4 Å². The van der Waals surface area contributed by atoms with Gasteiger partial charge in [0.1, 0.15) is 12.0 Å². The summed E-state index contributed by atoms with van der Waals surface area (Å²) < 4.78 is 0. The van der Waals surface area contributed by atoms with Gasteiger partial charge in [0.2, 0.25) is 0 Å². The minimum atomic E-state index is -0.399. The second kappa shape index (κ2) is 5.82. The summed E-state index contributed by atoms with van der Waals surface area (Å²) in [5.74, 6) is 0. The monoisotopic (exact) mass is 262 g/mol. The van der Waals surface area contributed by atoms with E-state index in [-0.39, 0.29) is 5.69 Å². The number of carbonyl (C=O) groups is 1. The van der Waals surface area contributed by atoms with Crippen molar-refractivity contribution in [2.75, 3.05) is 11.4 Å². The number of nitrogens with zero attached hydrogens (tertiary/aromatic N) is 2. The molecule has 0 aromatic heterocycles. The smallest absolute Gasteiger partial charge is 0.293 e. The van der Waals surface area contributed by atoms with Crippen molar-refractivity contribution in [1.82, 2.24) is 0 Å². The quantitative estimate of drug-likeness (QED) is 0.475. The van der Waals surface area contributed by atoms with Gasteiger partial charge in [-0.3, -0.25) is 14.9 Å². The number of piperidine rings is 1. The number of nitro groups is 1. The number of hydrogen-bond acceptors (Lipinski definition) is 4. The van der Waals surface area contributed by atoms with Crippen molar-refractivity contribution >= 4 is 17.7 Å². The van der Waals surface area contributed by atoms with E-state index in [1.807, 2.05) is 0 Å². The van der Waals surface area contributed by atoms with Crippen molar-refractivity contribution in [3.05, 3.63) is 33.9 Å². The fourth-order valence-corrected chi connectivity index (χ4v) is 2.75. The summed E-state index contributed by atoms with van der Waals surface area (Å²) in [6.45, 7) is 2.95. The van der Waals surface area contributed by atoms with Crippen LogP contribution in [0.2, 0.25) is 0 Å². The number of nitro benzene ring substituents is 1. The molecule has 0 saturated carbocycles. The van der Waals surface area contributed by atoms with Crippen LogP contribution in [0.25, 0.3) is 0 Å². The number of hydrogen-bond donors (Lipinski definition) is 0. The Hall–Kier alpha value is -1.91. The zero-order chi connectivity index (χ0) is 13.8. The highest BCUT2D eigenvalue weighted by Gasteiger charge is 2.27. The van der Waals surface area contributed by atoms with Gasteiger partial charge in [-0.1, -0.05) is 6.92 Å². The highest BCUT2D eigenvalue weighted by molar-refractivity contribution is 5.79. The first-order valence-corrected chi connectivity index (χ1v) is 6.67. The standard InChI is InChI=1S/C14H18N2O3/c1-2-12-5-3-4-8-15(12)13-7-6-11(10-17)9-14(13)16(18)19/h6-7,9-10,12H,2-5,8H2,1H3. The summed E-state index contributed by atoms with van der Waals surface area (Å²) in [6.07, 6.45) is 4.93. The van der Waals surface area contributed by atoms with Gasteiger partial charge in [0.05, 0.1) is 4.92 Å². The van der Waals surface area contributed by atoms with E-state index in [1.54, 1.807) is 12.1 Å². The first kappa shape index (κ1) is 13.5. The molecule has 1 fully saturated rings. The number of anilines is 1. The molecule has 0 N–H and O–H groups in total. The molecule has 19 heavy (non-hydrogen) atoms. The third kappa shape index (κ3) is 2.75. The lowest BCUT2D eigenvalue weighted by Crippen LogP contribution is -2.39. The zero-order valence-corrected chi connectivity index (χ0v) is 11.0. The highest BCUT2D eigenvalue weighted by atomic mass is 16.6. The SMILES string of the molecule is CCC1CCCCN1c1ccc(C=O)cc1[N+](=O)[O-]. The number of aldehydes is 1. The first-order chi connectivity index (χ1) is 9.17. The van der Waals surface area contributed by atoms with Crippen LogP contribution in [-0.2, 0) is 0 Å². The molecule has 2 rings (SSSR count). The summed E-state index contributed by atoms with van der Waals surface area (Å²) in [5, 5.41) is 11.2. The predicted molar refractivity (Wildman–Crippen MR) is 73.8 cm³/mol. The van der Waals surface area contributed by atoms with Gasteiger partial charge in [-0.05, 0) is 37.8 Å². The molecule has 1 unspecified atom stereocenters. The van der Waals surface area contributed by atoms with E-state index >= 15 is 0 Å². The number of rotatable bonds is 4. The molecule has 102 valence electrons. The summed E-state index contributed by atoms with van der Waals surface area (Å²) in [5.41, 5.74) is 1.02. The van der Waals surface area contributed by atoms with Crippen molar-refractivity contribution in [3.8, 4) is 0 Å². The van der Waals surface area contributed by atoms with Crippen LogP contribution in [0, 0.1) is 10.1 Å². The molecular weight excluding hydrogens is 244 g/mol. The van der Waals surface area contributed by atoms with Gasteiger partial charge in [-0.25, -0.2) is 0 Å². The molecule has 0 spiro atoms. The Bertz CT molecular complexity index is 488. The molecule has 0 amide bonds. The molecule has 5 nitrogen and oxygen atoms in total. The lowest BCUT2D eigenvalue weighted by Gasteiger charge is -2.36. The summed E-state index contributed by atoms with van der Waals surface area (Å²) in [4.78, 5) is 23.7. The van der Waals surface area contributed by atoms with E-state index in [1.165, 1.54) is 12.5 Å². The molecule has 0 aliphatic carbocycles. The van der Waals surface area contributed by atoms with Crippen molar-refractivity contribution in [3.63, 3.8) is 0 Å². The van der Waals surface area contributed by atoms with Crippen LogP contribution in [0.5, 0.6) is 0 Å². The van der Waals surface area contributed by atoms with Crippen molar-refractivity contribution in [1.29, 1.82) is 0 Å². The maximum absolute atomic E-state index is 11.2. The van der Waals surface area contributed by atoms with E-state index in [0.717, 1.165) is 25.8 Å². The van der Waals surface area contributed by atoms with E-state index in [0.29, 0.717) is 23.6 Å². The minimum Gasteiger partial charge on any atom is -0.363 e. The summed E-state index contributed by atoms with van der Waals surface area (Å²) >= 11 is 0. The van der Waals surface area contributed by atoms with Gasteiger partial charge in [0.15, 0.2) is 0 Å². The third-order valence-corrected chi connectivity index (χ3v) is 3.74. The number of carbonyl (C=O) groups excluding carboxylic acids is 1. The second-order valence-corrected chi connectivity index (χ2v) is 4.87.